The molecule has 1 N–H and O–H groups in total. The summed E-state index contributed by atoms with van der Waals surface area (Å²) in [6.45, 7) is 2.06. The van der Waals surface area contributed by atoms with Gasteiger partial charge in [0.15, 0.2) is 0 Å². The van der Waals surface area contributed by atoms with Crippen LogP contribution in [0.3, 0.4) is 0 Å². The summed E-state index contributed by atoms with van der Waals surface area (Å²) in [5.74, 6) is 0. The van der Waals surface area contributed by atoms with Crippen molar-refractivity contribution in [3.8, 4) is 0 Å². The molecule has 1 unspecified atom stereocenters. The maximum Gasteiger partial charge on any atom is 0.250 e. The summed E-state index contributed by atoms with van der Waals surface area (Å²) < 4.78 is 26.6. The van der Waals surface area contributed by atoms with Crippen LogP contribution in [0, 0.1) is 0 Å². The first kappa shape index (κ1) is 16.2. The van der Waals surface area contributed by atoms with E-state index in [2.05, 4.69) is 9.62 Å². The molecule has 1 saturated heterocycles. The Morgan fingerprint density at radius 2 is 2.14 bits per heavy atom. The van der Waals surface area contributed by atoms with E-state index in [4.69, 9.17) is 0 Å². The fraction of sp³-hybridized carbons (Fsp3) is 0.643. The van der Waals surface area contributed by atoms with Crippen molar-refractivity contribution in [1.29, 1.82) is 0 Å². The molecule has 7 heteroatoms. The predicted octanol–water partition coefficient (Wildman–Crippen LogP) is 0.289. The van der Waals surface area contributed by atoms with E-state index < -0.39 is 10.0 Å². The molecule has 0 saturated carbocycles. The quantitative estimate of drug-likeness (QED) is 0.848. The number of rotatable bonds is 5. The van der Waals surface area contributed by atoms with Crippen molar-refractivity contribution in [2.45, 2.75) is 31.8 Å². The van der Waals surface area contributed by atoms with Gasteiger partial charge in [-0.15, -0.1) is 0 Å². The smallest absolute Gasteiger partial charge is 0.250 e. The molecule has 1 aliphatic heterocycles. The zero-order valence-electron chi connectivity index (χ0n) is 12.6. The average molecular weight is 313 g/mol. The lowest BCUT2D eigenvalue weighted by Gasteiger charge is -2.35. The van der Waals surface area contributed by atoms with Gasteiger partial charge >= 0.3 is 0 Å². The normalized spacial score (nSPS) is 20.6. The number of likely N-dealkylation sites (tertiary alicyclic amines) is 1. The van der Waals surface area contributed by atoms with Crippen LogP contribution in [0.4, 0.5) is 0 Å². The van der Waals surface area contributed by atoms with Crippen molar-refractivity contribution >= 4 is 10.0 Å². The summed E-state index contributed by atoms with van der Waals surface area (Å²) in [6.07, 6.45) is 6.16. The van der Waals surface area contributed by atoms with Crippen LogP contribution in [0.15, 0.2) is 23.1 Å². The van der Waals surface area contributed by atoms with Crippen LogP contribution in [0.5, 0.6) is 0 Å². The largest absolute Gasteiger partial charge is 0.319 e. The van der Waals surface area contributed by atoms with Crippen LogP contribution in [0.25, 0.3) is 0 Å². The molecule has 1 atom stereocenters. The van der Waals surface area contributed by atoms with E-state index in [1.807, 2.05) is 6.07 Å². The third-order valence-electron chi connectivity index (χ3n) is 3.88. The number of aromatic nitrogens is 1. The number of nitrogens with zero attached hydrogens (tertiary/aromatic N) is 2. The van der Waals surface area contributed by atoms with Crippen LogP contribution in [0.2, 0.25) is 0 Å². The summed E-state index contributed by atoms with van der Waals surface area (Å²) in [6, 6.07) is 3.78. The van der Waals surface area contributed by atoms with Crippen molar-refractivity contribution in [3.63, 3.8) is 0 Å². The van der Waals surface area contributed by atoms with Crippen molar-refractivity contribution < 1.29 is 8.42 Å². The third-order valence-corrected chi connectivity index (χ3v) is 4.58. The Morgan fingerprint density at radius 3 is 2.81 bits per heavy atom. The summed E-state index contributed by atoms with van der Waals surface area (Å²) in [5.41, 5.74) is 0.958. The van der Waals surface area contributed by atoms with Gasteiger partial charge in [0.25, 0.3) is 5.56 Å². The highest BCUT2D eigenvalue weighted by Gasteiger charge is 2.23. The van der Waals surface area contributed by atoms with Crippen molar-refractivity contribution in [2.75, 3.05) is 19.3 Å². The van der Waals surface area contributed by atoms with Gasteiger partial charge in [0.2, 0.25) is 10.0 Å². The van der Waals surface area contributed by atoms with E-state index in [1.54, 1.807) is 23.9 Å². The number of hydrogen-bond acceptors (Lipinski definition) is 4. The lowest BCUT2D eigenvalue weighted by molar-refractivity contribution is 0.142. The molecule has 0 spiro atoms. The molecular formula is C14H23N3O3S. The molecule has 6 nitrogen and oxygen atoms in total. The first-order chi connectivity index (χ1) is 9.85. The van der Waals surface area contributed by atoms with Crippen molar-refractivity contribution in [3.05, 3.63) is 34.2 Å². The number of aryl methyl sites for hydroxylation is 1. The zero-order chi connectivity index (χ0) is 15.5. The van der Waals surface area contributed by atoms with Crippen molar-refractivity contribution in [2.24, 2.45) is 7.05 Å². The Bertz CT molecular complexity index is 639. The minimum absolute atomic E-state index is 0.0182. The predicted molar refractivity (Wildman–Crippen MR) is 82.6 cm³/mol. The zero-order valence-corrected chi connectivity index (χ0v) is 13.4. The van der Waals surface area contributed by atoms with Gasteiger partial charge in [0, 0.05) is 38.4 Å². The molecular weight excluding hydrogens is 290 g/mol. The number of pyridine rings is 1. The summed E-state index contributed by atoms with van der Waals surface area (Å²) >= 11 is 0. The highest BCUT2D eigenvalue weighted by atomic mass is 32.2. The van der Waals surface area contributed by atoms with Gasteiger partial charge < -0.3 is 4.57 Å². The van der Waals surface area contributed by atoms with Gasteiger partial charge in [-0.1, -0.05) is 6.42 Å². The molecule has 0 aromatic carbocycles. The molecule has 0 radical (unpaired) electrons. The molecule has 0 amide bonds. The molecule has 2 heterocycles. The summed E-state index contributed by atoms with van der Waals surface area (Å²) in [7, 11) is -1.43. The van der Waals surface area contributed by atoms with E-state index in [9.17, 15) is 13.2 Å². The Morgan fingerprint density at radius 1 is 1.38 bits per heavy atom. The number of nitrogens with one attached hydrogen (secondary N) is 1. The first-order valence-corrected chi connectivity index (χ1v) is 9.08. The van der Waals surface area contributed by atoms with Gasteiger partial charge in [-0.3, -0.25) is 9.69 Å². The highest BCUT2D eigenvalue weighted by molar-refractivity contribution is 7.88. The summed E-state index contributed by atoms with van der Waals surface area (Å²) in [4.78, 5) is 13.9. The second-order valence-corrected chi connectivity index (χ2v) is 7.56. The Kier molecular flexibility index (Phi) is 5.18. The number of sulfonamides is 1. The topological polar surface area (TPSA) is 71.4 Å². The van der Waals surface area contributed by atoms with Crippen LogP contribution >= 0.6 is 0 Å². The molecule has 2 rings (SSSR count). The van der Waals surface area contributed by atoms with Crippen LogP contribution in [-0.4, -0.2) is 43.3 Å². The number of piperidine rings is 1. The van der Waals surface area contributed by atoms with E-state index >= 15 is 0 Å². The molecule has 118 valence electrons. The van der Waals surface area contributed by atoms with E-state index in [-0.39, 0.29) is 11.6 Å². The van der Waals surface area contributed by atoms with Crippen LogP contribution < -0.4 is 10.3 Å². The SMILES string of the molecule is Cn1ccc(CN2CCCCC2CNS(C)(=O)=O)cc1=O. The standard InChI is InChI=1S/C14H23N3O3S/c1-16-8-6-12(9-14(16)18)11-17-7-4-3-5-13(17)10-15-21(2,19)20/h6,8-9,13,15H,3-5,7,10-11H2,1-2H3. The molecule has 21 heavy (non-hydrogen) atoms. The molecule has 0 aliphatic carbocycles. The molecule has 1 aromatic rings. The third kappa shape index (κ3) is 4.94. The Labute approximate surface area is 125 Å². The fourth-order valence-electron chi connectivity index (χ4n) is 2.67. The summed E-state index contributed by atoms with van der Waals surface area (Å²) in [5, 5.41) is 0. The van der Waals surface area contributed by atoms with Gasteiger partial charge in [-0.05, 0) is 31.0 Å². The van der Waals surface area contributed by atoms with Gasteiger partial charge in [-0.25, -0.2) is 13.1 Å². The lowest BCUT2D eigenvalue weighted by Crippen LogP contribution is -2.46. The van der Waals surface area contributed by atoms with E-state index in [1.165, 1.54) is 6.26 Å². The minimum Gasteiger partial charge on any atom is -0.319 e. The Balaban J connectivity index is 2.04. The van der Waals surface area contributed by atoms with Gasteiger partial charge in [-0.2, -0.15) is 0 Å². The first-order valence-electron chi connectivity index (χ1n) is 7.19. The minimum atomic E-state index is -3.16. The molecule has 0 bridgehead atoms. The van der Waals surface area contributed by atoms with Gasteiger partial charge in [0.1, 0.15) is 0 Å². The maximum atomic E-state index is 11.7. The van der Waals surface area contributed by atoms with E-state index in [0.717, 1.165) is 31.4 Å². The van der Waals surface area contributed by atoms with Crippen LogP contribution in [-0.2, 0) is 23.6 Å². The molecule has 1 aliphatic rings. The number of hydrogen-bond donors (Lipinski definition) is 1. The average Bonchev–Trinajstić information content (AvgIpc) is 2.41. The van der Waals surface area contributed by atoms with E-state index in [0.29, 0.717) is 13.1 Å². The molecule has 1 aromatic heterocycles. The fourth-order valence-corrected chi connectivity index (χ4v) is 3.16. The second kappa shape index (κ2) is 6.72. The molecule has 1 fully saturated rings. The Hall–Kier alpha value is -1.18. The van der Waals surface area contributed by atoms with Crippen molar-refractivity contribution in [1.82, 2.24) is 14.2 Å². The lowest BCUT2D eigenvalue weighted by atomic mass is 10.0. The highest BCUT2D eigenvalue weighted by Crippen LogP contribution is 2.19. The van der Waals surface area contributed by atoms with Gasteiger partial charge in [0.05, 0.1) is 6.26 Å². The monoisotopic (exact) mass is 313 g/mol. The van der Waals surface area contributed by atoms with Crippen LogP contribution in [0.1, 0.15) is 24.8 Å². The maximum absolute atomic E-state index is 11.7. The second-order valence-electron chi connectivity index (χ2n) is 5.72.